The van der Waals surface area contributed by atoms with Crippen LogP contribution in [0.3, 0.4) is 0 Å². The second-order valence-corrected chi connectivity index (χ2v) is 6.93. The van der Waals surface area contributed by atoms with Gasteiger partial charge in [-0.3, -0.25) is 4.79 Å². The molecule has 2 atom stereocenters. The first-order valence-corrected chi connectivity index (χ1v) is 9.46. The number of methoxy groups -OCH3 is 2. The summed E-state index contributed by atoms with van der Waals surface area (Å²) in [5, 5.41) is 2.94. The average Bonchev–Trinajstić information content (AvgIpc) is 3.12. The second kappa shape index (κ2) is 9.41. The Morgan fingerprint density at radius 2 is 1.93 bits per heavy atom. The lowest BCUT2D eigenvalue weighted by Gasteiger charge is -2.15. The molecule has 1 heterocycles. The summed E-state index contributed by atoms with van der Waals surface area (Å²) in [5.74, 6) is 2.32. The number of hydrogen-bond donors (Lipinski definition) is 2. The number of amides is 1. The van der Waals surface area contributed by atoms with Gasteiger partial charge in [-0.1, -0.05) is 18.6 Å². The quantitative estimate of drug-likeness (QED) is 0.725. The molecule has 0 radical (unpaired) electrons. The van der Waals surface area contributed by atoms with E-state index in [9.17, 15) is 4.79 Å². The highest BCUT2D eigenvalue weighted by molar-refractivity contribution is 5.76. The van der Waals surface area contributed by atoms with E-state index in [-0.39, 0.29) is 11.9 Å². The lowest BCUT2D eigenvalue weighted by molar-refractivity contribution is -0.122. The van der Waals surface area contributed by atoms with Crippen molar-refractivity contribution in [1.82, 2.24) is 10.3 Å². The molecule has 7 nitrogen and oxygen atoms in total. The zero-order valence-electron chi connectivity index (χ0n) is 16.3. The van der Waals surface area contributed by atoms with Gasteiger partial charge < -0.3 is 25.3 Å². The van der Waals surface area contributed by atoms with Gasteiger partial charge in [0.1, 0.15) is 0 Å². The van der Waals surface area contributed by atoms with Gasteiger partial charge in [-0.05, 0) is 36.5 Å². The fourth-order valence-corrected chi connectivity index (χ4v) is 3.43. The smallest absolute Gasteiger partial charge is 0.220 e. The van der Waals surface area contributed by atoms with Crippen LogP contribution in [0.15, 0.2) is 36.5 Å². The number of aromatic nitrogens is 1. The molecule has 0 unspecified atom stereocenters. The van der Waals surface area contributed by atoms with Crippen LogP contribution in [0.25, 0.3) is 0 Å². The maximum atomic E-state index is 12.1. The number of nitrogens with two attached hydrogens (primary N) is 1. The van der Waals surface area contributed by atoms with Crippen LogP contribution in [-0.4, -0.2) is 31.2 Å². The van der Waals surface area contributed by atoms with Crippen molar-refractivity contribution >= 4 is 5.91 Å². The Balaban J connectivity index is 1.56. The lowest BCUT2D eigenvalue weighted by Crippen LogP contribution is -2.31. The minimum Gasteiger partial charge on any atom is -0.493 e. The summed E-state index contributed by atoms with van der Waals surface area (Å²) in [7, 11) is 3.14. The number of carbonyl (C=O) groups is 1. The highest BCUT2D eigenvalue weighted by Gasteiger charge is 2.25. The van der Waals surface area contributed by atoms with Crippen LogP contribution in [0, 0.1) is 5.92 Å². The number of carbonyl (C=O) groups excluding carboxylic acids is 1. The van der Waals surface area contributed by atoms with E-state index in [1.807, 2.05) is 12.1 Å². The molecule has 28 heavy (non-hydrogen) atoms. The van der Waals surface area contributed by atoms with Crippen LogP contribution >= 0.6 is 0 Å². The molecule has 1 aliphatic carbocycles. The molecular formula is C21H27N3O4. The summed E-state index contributed by atoms with van der Waals surface area (Å²) in [6.45, 7) is 0.423. The zero-order valence-corrected chi connectivity index (χ0v) is 16.3. The van der Waals surface area contributed by atoms with Crippen LogP contribution in [-0.2, 0) is 11.3 Å². The Hall–Kier alpha value is -2.80. The van der Waals surface area contributed by atoms with E-state index in [1.165, 1.54) is 0 Å². The van der Waals surface area contributed by atoms with Gasteiger partial charge in [0, 0.05) is 31.3 Å². The average molecular weight is 385 g/mol. The van der Waals surface area contributed by atoms with Crippen molar-refractivity contribution in [2.75, 3.05) is 14.2 Å². The first-order valence-electron chi connectivity index (χ1n) is 9.46. The zero-order chi connectivity index (χ0) is 19.9. The van der Waals surface area contributed by atoms with Gasteiger partial charge in [0.15, 0.2) is 11.5 Å². The molecule has 7 heteroatoms. The summed E-state index contributed by atoms with van der Waals surface area (Å²) in [5.41, 5.74) is 6.93. The number of pyridine rings is 1. The summed E-state index contributed by atoms with van der Waals surface area (Å²) >= 11 is 0. The van der Waals surface area contributed by atoms with E-state index >= 15 is 0 Å². The molecule has 0 saturated heterocycles. The lowest BCUT2D eigenvalue weighted by atomic mass is 10.00. The predicted octanol–water partition coefficient (Wildman–Crippen LogP) is 3.02. The summed E-state index contributed by atoms with van der Waals surface area (Å²) < 4.78 is 16.5. The van der Waals surface area contributed by atoms with E-state index in [4.69, 9.17) is 19.9 Å². The van der Waals surface area contributed by atoms with Crippen LogP contribution in [0.1, 0.15) is 31.2 Å². The number of hydrogen-bond acceptors (Lipinski definition) is 6. The molecule has 1 aromatic carbocycles. The summed E-state index contributed by atoms with van der Waals surface area (Å²) in [4.78, 5) is 16.4. The highest BCUT2D eigenvalue weighted by atomic mass is 16.5. The molecule has 150 valence electrons. The number of para-hydroxylation sites is 1. The SMILES string of the molecule is COc1cccc(OC)c1Oc1ccc(CNC(=O)C[C@@H]2CCC[C@H]2N)cn1. The van der Waals surface area contributed by atoms with E-state index in [2.05, 4.69) is 10.3 Å². The Bertz CT molecular complexity index is 772. The van der Waals surface area contributed by atoms with E-state index in [1.54, 1.807) is 38.6 Å². The third-order valence-corrected chi connectivity index (χ3v) is 5.04. The van der Waals surface area contributed by atoms with Crippen molar-refractivity contribution in [3.8, 4) is 23.1 Å². The fourth-order valence-electron chi connectivity index (χ4n) is 3.43. The molecular weight excluding hydrogens is 358 g/mol. The van der Waals surface area contributed by atoms with Crippen LogP contribution in [0.2, 0.25) is 0 Å². The largest absolute Gasteiger partial charge is 0.493 e. The molecule has 0 aliphatic heterocycles. The molecule has 3 rings (SSSR count). The first kappa shape index (κ1) is 19.9. The van der Waals surface area contributed by atoms with E-state index < -0.39 is 0 Å². The molecule has 1 saturated carbocycles. The monoisotopic (exact) mass is 385 g/mol. The number of benzene rings is 1. The second-order valence-electron chi connectivity index (χ2n) is 6.93. The third kappa shape index (κ3) is 4.92. The summed E-state index contributed by atoms with van der Waals surface area (Å²) in [6.07, 6.45) is 5.33. The Kier molecular flexibility index (Phi) is 6.71. The molecule has 1 aromatic heterocycles. The molecule has 3 N–H and O–H groups in total. The van der Waals surface area contributed by atoms with Gasteiger partial charge in [0.25, 0.3) is 0 Å². The van der Waals surface area contributed by atoms with Crippen molar-refractivity contribution in [2.45, 2.75) is 38.3 Å². The molecule has 0 spiro atoms. The standard InChI is InChI=1S/C21H27N3O4/c1-26-17-7-4-8-18(27-2)21(17)28-20-10-9-14(13-24-20)12-23-19(25)11-15-5-3-6-16(15)22/h4,7-10,13,15-16H,3,5-6,11-12,22H2,1-2H3,(H,23,25)/t15-,16+/m0/s1. The molecule has 1 amide bonds. The Labute approximate surface area is 165 Å². The van der Waals surface area contributed by atoms with E-state index in [0.29, 0.717) is 42.0 Å². The topological polar surface area (TPSA) is 95.7 Å². The first-order chi connectivity index (χ1) is 13.6. The highest BCUT2D eigenvalue weighted by Crippen LogP contribution is 2.39. The van der Waals surface area contributed by atoms with Crippen LogP contribution in [0.5, 0.6) is 23.1 Å². The number of ether oxygens (including phenoxy) is 3. The molecule has 2 aromatic rings. The maximum Gasteiger partial charge on any atom is 0.220 e. The fraction of sp³-hybridized carbons (Fsp3) is 0.429. The number of rotatable bonds is 8. The minimum atomic E-state index is 0.0291. The van der Waals surface area contributed by atoms with Crippen molar-refractivity contribution in [3.63, 3.8) is 0 Å². The van der Waals surface area contributed by atoms with Gasteiger partial charge in [0.2, 0.25) is 17.5 Å². The van der Waals surface area contributed by atoms with Crippen molar-refractivity contribution < 1.29 is 19.0 Å². The van der Waals surface area contributed by atoms with Crippen LogP contribution in [0.4, 0.5) is 0 Å². The van der Waals surface area contributed by atoms with Crippen LogP contribution < -0.4 is 25.3 Å². The predicted molar refractivity (Wildman–Crippen MR) is 106 cm³/mol. The van der Waals surface area contributed by atoms with Gasteiger partial charge >= 0.3 is 0 Å². The van der Waals surface area contributed by atoms with E-state index in [0.717, 1.165) is 24.8 Å². The van der Waals surface area contributed by atoms with Gasteiger partial charge in [-0.15, -0.1) is 0 Å². The normalized spacial score (nSPS) is 18.5. The Morgan fingerprint density at radius 3 is 2.50 bits per heavy atom. The number of nitrogens with one attached hydrogen (secondary N) is 1. The molecule has 1 aliphatic rings. The van der Waals surface area contributed by atoms with Gasteiger partial charge in [-0.2, -0.15) is 0 Å². The maximum absolute atomic E-state index is 12.1. The Morgan fingerprint density at radius 1 is 1.18 bits per heavy atom. The number of nitrogens with zero attached hydrogens (tertiary/aromatic N) is 1. The van der Waals surface area contributed by atoms with Crippen molar-refractivity contribution in [1.29, 1.82) is 0 Å². The van der Waals surface area contributed by atoms with Gasteiger partial charge in [0.05, 0.1) is 14.2 Å². The molecule has 1 fully saturated rings. The summed E-state index contributed by atoms with van der Waals surface area (Å²) in [6, 6.07) is 9.17. The van der Waals surface area contributed by atoms with Crippen molar-refractivity contribution in [3.05, 3.63) is 42.1 Å². The van der Waals surface area contributed by atoms with Gasteiger partial charge in [-0.25, -0.2) is 4.98 Å². The molecule has 0 bridgehead atoms. The van der Waals surface area contributed by atoms with Crippen molar-refractivity contribution in [2.24, 2.45) is 11.7 Å². The minimum absolute atomic E-state index is 0.0291. The third-order valence-electron chi connectivity index (χ3n) is 5.04.